The minimum absolute atomic E-state index is 0.205. The van der Waals surface area contributed by atoms with E-state index in [-0.39, 0.29) is 13.0 Å². The van der Waals surface area contributed by atoms with Crippen LogP contribution < -0.4 is 11.2 Å². The van der Waals surface area contributed by atoms with Crippen LogP contribution in [0, 0.1) is 6.92 Å². The van der Waals surface area contributed by atoms with Crippen molar-refractivity contribution in [2.45, 2.75) is 31.8 Å². The SMILES string of the molecule is [13CH3][13c]1[13cH][15n]([13C@H]2[13CH2][13C@H](O)[13C@@H]([13CH2]O)O2)[13c](=O)[15nH][13c]1=O. The fourth-order valence-corrected chi connectivity index (χ4v) is 1.85. The third-order valence-electron chi connectivity index (χ3n) is 2.84. The van der Waals surface area contributed by atoms with Crippen LogP contribution in [0.5, 0.6) is 0 Å². The first kappa shape index (κ1) is 12.0. The summed E-state index contributed by atoms with van der Waals surface area (Å²) in [6, 6.07) is 0. The summed E-state index contributed by atoms with van der Waals surface area (Å²) in [7, 11) is 0. The molecular weight excluding hydrogens is 240 g/mol. The number of aliphatic hydroxyl groups excluding tert-OH is 2. The Bertz CT molecular complexity index is 520. The van der Waals surface area contributed by atoms with Crippen molar-refractivity contribution in [1.29, 1.82) is 0 Å². The van der Waals surface area contributed by atoms with Crippen LogP contribution in [0.3, 0.4) is 0 Å². The number of hydrogen-bond donors (Lipinski definition) is 3. The molecule has 1 aliphatic rings. The van der Waals surface area contributed by atoms with Gasteiger partial charge in [0.1, 0.15) is 12.3 Å². The Kier molecular flexibility index (Phi) is 3.14. The van der Waals surface area contributed by atoms with Gasteiger partial charge in [0.2, 0.25) is 0 Å². The zero-order valence-corrected chi connectivity index (χ0v) is 9.29. The smallest absolute Gasteiger partial charge is 0.330 e. The number of aryl methyl sites for hydroxylation is 1. The van der Waals surface area contributed by atoms with Crippen molar-refractivity contribution in [3.05, 3.63) is 32.6 Å². The van der Waals surface area contributed by atoms with Crippen LogP contribution in [0.2, 0.25) is 0 Å². The van der Waals surface area contributed by atoms with E-state index in [9.17, 15) is 14.7 Å². The second kappa shape index (κ2) is 4.44. The molecule has 0 unspecified atom stereocenters. The summed E-state index contributed by atoms with van der Waals surface area (Å²) < 4.78 is 6.54. The van der Waals surface area contributed by atoms with Gasteiger partial charge in [0.25, 0.3) is 5.56 Å². The van der Waals surface area contributed by atoms with E-state index in [1.54, 1.807) is 6.92 Å². The van der Waals surface area contributed by atoms with Gasteiger partial charge >= 0.3 is 5.69 Å². The van der Waals surface area contributed by atoms with Gasteiger partial charge in [-0.1, -0.05) is 0 Å². The fraction of sp³-hybridized carbons (Fsp3) is 0.600. The van der Waals surface area contributed by atoms with E-state index in [1.165, 1.54) is 10.8 Å². The zero-order valence-electron chi connectivity index (χ0n) is 9.29. The third-order valence-corrected chi connectivity index (χ3v) is 2.84. The van der Waals surface area contributed by atoms with Crippen molar-refractivity contribution in [3.8, 4) is 0 Å². The minimum Gasteiger partial charge on any atom is -0.394 e. The number of H-pyrrole nitrogens is 1. The van der Waals surface area contributed by atoms with E-state index in [4.69, 9.17) is 9.84 Å². The number of aromatic nitrogens is 2. The van der Waals surface area contributed by atoms with Crippen LogP contribution in [-0.2, 0) is 4.74 Å². The third kappa shape index (κ3) is 2.17. The first-order valence-electron chi connectivity index (χ1n) is 5.29. The first-order valence-corrected chi connectivity index (χ1v) is 5.29. The van der Waals surface area contributed by atoms with Gasteiger partial charge in [0.05, 0.1) is 12.7 Å². The lowest BCUT2D eigenvalue weighted by Crippen LogP contribution is -2.33. The normalized spacial score (nSPS) is 28.5. The maximum absolute atomic E-state index is 11.6. The van der Waals surface area contributed by atoms with Gasteiger partial charge in [0, 0.05) is 18.2 Å². The number of hydrogen-bond acceptors (Lipinski definition) is 5. The molecule has 0 radical (unpaired) electrons. The summed E-state index contributed by atoms with van der Waals surface area (Å²) in [4.78, 5) is 24.9. The molecule has 1 aromatic heterocycles. The second-order valence-corrected chi connectivity index (χ2v) is 4.09. The minimum atomic E-state index is -0.816. The molecule has 3 atom stereocenters. The Labute approximate surface area is 96.3 Å². The molecule has 1 saturated heterocycles. The molecule has 1 fully saturated rings. The number of rotatable bonds is 2. The monoisotopic (exact) mass is 254 g/mol. The molecule has 1 aromatic rings. The highest BCUT2D eigenvalue weighted by Gasteiger charge is 2.34. The highest BCUT2D eigenvalue weighted by atomic mass is 16.8. The van der Waals surface area contributed by atoms with Gasteiger partial charge in [-0.25, -0.2) is 4.79 Å². The Hall–Kier alpha value is -1.44. The van der Waals surface area contributed by atoms with Gasteiger partial charge in [-0.2, -0.15) is 0 Å². The molecule has 2 heterocycles. The first-order chi connectivity index (χ1) is 8.02. The van der Waals surface area contributed by atoms with E-state index in [1.807, 2.05) is 0 Å². The van der Waals surface area contributed by atoms with Crippen molar-refractivity contribution in [3.63, 3.8) is 0 Å². The number of nitrogens with zero attached hydrogens (tertiary/aromatic N) is 1. The molecule has 0 aliphatic carbocycles. The molecule has 0 spiro atoms. The molecule has 7 heteroatoms. The molecule has 0 amide bonds. The summed E-state index contributed by atoms with van der Waals surface area (Å²) in [6.45, 7) is 1.26. The highest BCUT2D eigenvalue weighted by molar-refractivity contribution is 5.02. The molecular formula is C10H14N2O5. The van der Waals surface area contributed by atoms with Crippen LogP contribution >= 0.6 is 0 Å². The lowest BCUT2D eigenvalue weighted by atomic mass is 11.1. The summed E-state index contributed by atoms with van der Waals surface area (Å²) >= 11 is 0. The van der Waals surface area contributed by atoms with E-state index in [0.29, 0.717) is 5.56 Å². The quantitative estimate of drug-likeness (QED) is 0.556. The average Bonchev–Trinajstić information content (AvgIpc) is 2.65. The molecule has 0 bridgehead atoms. The van der Waals surface area contributed by atoms with Crippen LogP contribution in [0.15, 0.2) is 15.8 Å². The number of ether oxygens (including phenoxy) is 1. The molecule has 0 saturated carbocycles. The average molecular weight is 254 g/mol. The maximum Gasteiger partial charge on any atom is 0.330 e. The Balaban J connectivity index is 2.34. The maximum atomic E-state index is 11.6. The Morgan fingerprint density at radius 2 is 2.29 bits per heavy atom. The van der Waals surface area contributed by atoms with Gasteiger partial charge in [-0.15, -0.1) is 0 Å². The zero-order chi connectivity index (χ0) is 12.6. The predicted molar refractivity (Wildman–Crippen MR) is 57.7 cm³/mol. The van der Waals surface area contributed by atoms with Gasteiger partial charge in [0.15, 0.2) is 0 Å². The van der Waals surface area contributed by atoms with E-state index in [2.05, 4.69) is 4.98 Å². The highest BCUT2D eigenvalue weighted by Crippen LogP contribution is 2.27. The second-order valence-electron chi connectivity index (χ2n) is 4.09. The lowest BCUT2D eigenvalue weighted by Gasteiger charge is -2.14. The molecule has 1 aliphatic heterocycles. The standard InChI is InChI=1S/C10H14N2O5/c1-5-3-12(10(16)11-9(5)15)8-2-6(14)7(4-13)17-8/h3,6-8,13-14H,2,4H2,1H3,(H,11,15,16)/t6-,7+,8+/m0/s1/i1+1,2+1,3+1,4+1,5+1,6+1,7+1,8+1,9+1,10+1,11+1,12+1. The number of aliphatic hydroxyl groups is 2. The van der Waals surface area contributed by atoms with E-state index in [0.717, 1.165) is 0 Å². The van der Waals surface area contributed by atoms with Crippen molar-refractivity contribution >= 4 is 0 Å². The summed E-state index contributed by atoms with van der Waals surface area (Å²) in [5, 5.41) is 18.5. The van der Waals surface area contributed by atoms with Crippen LogP contribution in [0.25, 0.3) is 0 Å². The molecule has 17 heavy (non-hydrogen) atoms. The molecule has 0 aromatic carbocycles. The lowest BCUT2D eigenvalue weighted by molar-refractivity contribution is -0.0459. The molecule has 7 nitrogen and oxygen atoms in total. The topological polar surface area (TPSA) is 105 Å². The molecule has 2 rings (SSSR count). The van der Waals surface area contributed by atoms with E-state index >= 15 is 0 Å². The fourth-order valence-electron chi connectivity index (χ4n) is 1.85. The van der Waals surface area contributed by atoms with Gasteiger partial charge in [-0.3, -0.25) is 14.3 Å². The van der Waals surface area contributed by atoms with Crippen molar-refractivity contribution < 1.29 is 14.9 Å². The van der Waals surface area contributed by atoms with Crippen LogP contribution in [0.4, 0.5) is 0 Å². The van der Waals surface area contributed by atoms with Crippen LogP contribution in [-0.4, -0.2) is 38.6 Å². The van der Waals surface area contributed by atoms with Gasteiger partial charge in [-0.05, 0) is 6.92 Å². The number of nitrogens with one attached hydrogen (secondary N) is 1. The molecule has 3 N–H and O–H groups in total. The van der Waals surface area contributed by atoms with Crippen molar-refractivity contribution in [2.24, 2.45) is 0 Å². The summed E-state index contributed by atoms with van der Waals surface area (Å²) in [6.07, 6.45) is -0.581. The largest absolute Gasteiger partial charge is 0.394 e. The van der Waals surface area contributed by atoms with Crippen molar-refractivity contribution in [2.75, 3.05) is 6.61 Å². The van der Waals surface area contributed by atoms with Gasteiger partial charge < -0.3 is 14.9 Å². The number of aromatic amines is 1. The van der Waals surface area contributed by atoms with Crippen LogP contribution in [0.1, 0.15) is 18.2 Å². The molecule has 94 valence electrons. The van der Waals surface area contributed by atoms with E-state index < -0.39 is 29.7 Å². The summed E-state index contributed by atoms with van der Waals surface area (Å²) in [5.41, 5.74) is -0.643. The Morgan fingerprint density at radius 1 is 1.59 bits per heavy atom. The Morgan fingerprint density at radius 3 is 2.88 bits per heavy atom. The summed E-state index contributed by atoms with van der Waals surface area (Å²) in [5.74, 6) is 0. The predicted octanol–water partition coefficient (Wildman–Crippen LogP) is -1.51. The van der Waals surface area contributed by atoms with Crippen molar-refractivity contribution in [1.82, 2.24) is 9.55 Å².